The highest BCUT2D eigenvalue weighted by atomic mass is 19.1. The Morgan fingerprint density at radius 2 is 1.62 bits per heavy atom. The number of aromatic nitrogens is 2. The summed E-state index contributed by atoms with van der Waals surface area (Å²) in [5.41, 5.74) is 2.40. The Kier molecular flexibility index (Phi) is 5.65. The molecule has 0 aliphatic carbocycles. The van der Waals surface area contributed by atoms with E-state index in [2.05, 4.69) is 25.1 Å². The minimum atomic E-state index is -0.230. The summed E-state index contributed by atoms with van der Waals surface area (Å²) in [6.07, 6.45) is 1.43. The van der Waals surface area contributed by atoms with Crippen molar-refractivity contribution >= 4 is 17.4 Å². The summed E-state index contributed by atoms with van der Waals surface area (Å²) in [6.45, 7) is 3.57. The SMILES string of the molecule is O=C(NCc1ccccc1)c1cc(N2CCN(c3ccc(F)cc3)CC2)ncn1. The molecule has 148 valence electrons. The van der Waals surface area contributed by atoms with Crippen LogP contribution < -0.4 is 15.1 Å². The van der Waals surface area contributed by atoms with Crippen molar-refractivity contribution in [2.24, 2.45) is 0 Å². The first-order chi connectivity index (χ1) is 14.2. The van der Waals surface area contributed by atoms with Crippen molar-refractivity contribution in [3.8, 4) is 0 Å². The van der Waals surface area contributed by atoms with Gasteiger partial charge in [-0.1, -0.05) is 30.3 Å². The molecule has 0 saturated carbocycles. The lowest BCUT2D eigenvalue weighted by Gasteiger charge is -2.36. The van der Waals surface area contributed by atoms with Crippen LogP contribution in [0.25, 0.3) is 0 Å². The van der Waals surface area contributed by atoms with E-state index < -0.39 is 0 Å². The fourth-order valence-corrected chi connectivity index (χ4v) is 3.36. The van der Waals surface area contributed by atoms with Crippen LogP contribution in [0.3, 0.4) is 0 Å². The highest BCUT2D eigenvalue weighted by molar-refractivity contribution is 5.92. The first-order valence-electron chi connectivity index (χ1n) is 9.59. The number of benzene rings is 2. The molecule has 0 atom stereocenters. The van der Waals surface area contributed by atoms with Gasteiger partial charge in [-0.25, -0.2) is 14.4 Å². The van der Waals surface area contributed by atoms with Crippen LogP contribution in [0.5, 0.6) is 0 Å². The molecule has 1 aliphatic heterocycles. The summed E-state index contributed by atoms with van der Waals surface area (Å²) < 4.78 is 13.1. The average molecular weight is 391 g/mol. The molecule has 0 unspecified atom stereocenters. The zero-order chi connectivity index (χ0) is 20.1. The number of halogens is 1. The number of anilines is 2. The molecular formula is C22H22FN5O. The Morgan fingerprint density at radius 1 is 0.931 bits per heavy atom. The van der Waals surface area contributed by atoms with Crippen LogP contribution in [0.1, 0.15) is 16.1 Å². The number of piperazine rings is 1. The predicted molar refractivity (Wildman–Crippen MR) is 110 cm³/mol. The molecule has 6 nitrogen and oxygen atoms in total. The minimum absolute atomic E-state index is 0.220. The molecule has 4 rings (SSSR count). The smallest absolute Gasteiger partial charge is 0.270 e. The summed E-state index contributed by atoms with van der Waals surface area (Å²) in [7, 11) is 0. The van der Waals surface area contributed by atoms with E-state index in [1.54, 1.807) is 18.2 Å². The van der Waals surface area contributed by atoms with Gasteiger partial charge < -0.3 is 15.1 Å². The number of amides is 1. The number of carbonyl (C=O) groups is 1. The van der Waals surface area contributed by atoms with Crippen molar-refractivity contribution in [2.75, 3.05) is 36.0 Å². The molecule has 7 heteroatoms. The zero-order valence-electron chi connectivity index (χ0n) is 16.0. The predicted octanol–water partition coefficient (Wildman–Crippen LogP) is 2.87. The standard InChI is InChI=1S/C22H22FN5O/c23-18-6-8-19(9-7-18)27-10-12-28(13-11-27)21-14-20(25-16-26-21)22(29)24-15-17-4-2-1-3-5-17/h1-9,14,16H,10-13,15H2,(H,24,29). The van der Waals surface area contributed by atoms with Gasteiger partial charge in [-0.05, 0) is 29.8 Å². The molecule has 2 aromatic carbocycles. The third kappa shape index (κ3) is 4.68. The maximum atomic E-state index is 13.1. The number of carbonyl (C=O) groups excluding carboxylic acids is 1. The van der Waals surface area contributed by atoms with Gasteiger partial charge in [0, 0.05) is 44.5 Å². The van der Waals surface area contributed by atoms with Gasteiger partial charge in [-0.15, -0.1) is 0 Å². The van der Waals surface area contributed by atoms with Crippen LogP contribution in [0.2, 0.25) is 0 Å². The molecular weight excluding hydrogens is 369 g/mol. The van der Waals surface area contributed by atoms with Crippen LogP contribution >= 0.6 is 0 Å². The van der Waals surface area contributed by atoms with Crippen LogP contribution in [0.15, 0.2) is 67.0 Å². The van der Waals surface area contributed by atoms with Crippen LogP contribution in [-0.2, 0) is 6.54 Å². The fourth-order valence-electron chi connectivity index (χ4n) is 3.36. The van der Waals surface area contributed by atoms with Crippen molar-refractivity contribution in [2.45, 2.75) is 6.54 Å². The number of hydrogen-bond acceptors (Lipinski definition) is 5. The maximum Gasteiger partial charge on any atom is 0.270 e. The molecule has 0 radical (unpaired) electrons. The number of nitrogens with zero attached hydrogens (tertiary/aromatic N) is 4. The van der Waals surface area contributed by atoms with E-state index in [9.17, 15) is 9.18 Å². The van der Waals surface area contributed by atoms with E-state index in [1.807, 2.05) is 30.3 Å². The van der Waals surface area contributed by atoms with Gasteiger partial charge in [0.25, 0.3) is 5.91 Å². The zero-order valence-corrected chi connectivity index (χ0v) is 16.0. The van der Waals surface area contributed by atoms with E-state index in [1.165, 1.54) is 18.5 Å². The molecule has 2 heterocycles. The molecule has 29 heavy (non-hydrogen) atoms. The Hall–Kier alpha value is -3.48. The molecule has 0 bridgehead atoms. The quantitative estimate of drug-likeness (QED) is 0.725. The van der Waals surface area contributed by atoms with Crippen molar-refractivity contribution in [1.29, 1.82) is 0 Å². The van der Waals surface area contributed by atoms with Crippen LogP contribution in [0, 0.1) is 5.82 Å². The van der Waals surface area contributed by atoms with Gasteiger partial charge in [-0.2, -0.15) is 0 Å². The summed E-state index contributed by atoms with van der Waals surface area (Å²) in [5.74, 6) is 0.289. The summed E-state index contributed by atoms with van der Waals surface area (Å²) in [6, 6.07) is 18.0. The Morgan fingerprint density at radius 3 is 2.34 bits per heavy atom. The second kappa shape index (κ2) is 8.68. The van der Waals surface area contributed by atoms with Crippen molar-refractivity contribution < 1.29 is 9.18 Å². The van der Waals surface area contributed by atoms with Crippen LogP contribution in [0.4, 0.5) is 15.9 Å². The second-order valence-electron chi connectivity index (χ2n) is 6.88. The Labute approximate surface area is 169 Å². The van der Waals surface area contributed by atoms with E-state index in [0.29, 0.717) is 12.2 Å². The Bertz CT molecular complexity index is 956. The lowest BCUT2D eigenvalue weighted by Crippen LogP contribution is -2.47. The van der Waals surface area contributed by atoms with Crippen molar-refractivity contribution in [3.05, 3.63) is 84.1 Å². The number of nitrogens with one attached hydrogen (secondary N) is 1. The first-order valence-corrected chi connectivity index (χ1v) is 9.59. The first kappa shape index (κ1) is 18.9. The third-order valence-electron chi connectivity index (χ3n) is 4.98. The lowest BCUT2D eigenvalue weighted by molar-refractivity contribution is 0.0945. The largest absolute Gasteiger partial charge is 0.368 e. The Balaban J connectivity index is 1.36. The topological polar surface area (TPSA) is 61.4 Å². The molecule has 1 saturated heterocycles. The van der Waals surface area contributed by atoms with Crippen molar-refractivity contribution in [1.82, 2.24) is 15.3 Å². The van der Waals surface area contributed by atoms with Gasteiger partial charge in [0.15, 0.2) is 0 Å². The highest BCUT2D eigenvalue weighted by Crippen LogP contribution is 2.19. The summed E-state index contributed by atoms with van der Waals surface area (Å²) in [4.78, 5) is 25.3. The molecule has 3 aromatic rings. The van der Waals surface area contributed by atoms with Gasteiger partial charge in [0.05, 0.1) is 0 Å². The number of hydrogen-bond donors (Lipinski definition) is 1. The van der Waals surface area contributed by atoms with E-state index >= 15 is 0 Å². The minimum Gasteiger partial charge on any atom is -0.368 e. The van der Waals surface area contributed by atoms with Gasteiger partial charge >= 0.3 is 0 Å². The van der Waals surface area contributed by atoms with E-state index in [0.717, 1.165) is 43.2 Å². The van der Waals surface area contributed by atoms with E-state index in [-0.39, 0.29) is 11.7 Å². The average Bonchev–Trinajstić information content (AvgIpc) is 2.79. The normalized spacial score (nSPS) is 14.0. The maximum absolute atomic E-state index is 13.1. The molecule has 1 N–H and O–H groups in total. The summed E-state index contributed by atoms with van der Waals surface area (Å²) in [5, 5.41) is 2.89. The molecule has 0 spiro atoms. The number of rotatable bonds is 5. The highest BCUT2D eigenvalue weighted by Gasteiger charge is 2.19. The second-order valence-corrected chi connectivity index (χ2v) is 6.88. The molecule has 1 aromatic heterocycles. The van der Waals surface area contributed by atoms with Gasteiger partial charge in [-0.3, -0.25) is 4.79 Å². The summed E-state index contributed by atoms with van der Waals surface area (Å²) >= 11 is 0. The lowest BCUT2D eigenvalue weighted by atomic mass is 10.2. The van der Waals surface area contributed by atoms with Crippen molar-refractivity contribution in [3.63, 3.8) is 0 Å². The van der Waals surface area contributed by atoms with E-state index in [4.69, 9.17) is 0 Å². The fraction of sp³-hybridized carbons (Fsp3) is 0.227. The van der Waals surface area contributed by atoms with Gasteiger partial charge in [0.1, 0.15) is 23.7 Å². The molecule has 1 aliphatic rings. The third-order valence-corrected chi connectivity index (χ3v) is 4.98. The van der Waals surface area contributed by atoms with Crippen LogP contribution in [-0.4, -0.2) is 42.1 Å². The van der Waals surface area contributed by atoms with Gasteiger partial charge in [0.2, 0.25) is 0 Å². The monoisotopic (exact) mass is 391 g/mol. The molecule has 1 amide bonds. The molecule has 1 fully saturated rings.